The van der Waals surface area contributed by atoms with Crippen molar-refractivity contribution in [3.63, 3.8) is 0 Å². The van der Waals surface area contributed by atoms with Crippen LogP contribution in [-0.4, -0.2) is 40.1 Å². The molecule has 0 saturated carbocycles. The van der Waals surface area contributed by atoms with Crippen LogP contribution in [0.15, 0.2) is 24.3 Å². The van der Waals surface area contributed by atoms with Gasteiger partial charge in [0.2, 0.25) is 0 Å². The van der Waals surface area contributed by atoms with E-state index in [0.717, 1.165) is 11.3 Å². The zero-order chi connectivity index (χ0) is 14.2. The molecular formula is C14H15NO4S. The maximum Gasteiger partial charge on any atom is 0.330 e. The number of amides is 1. The summed E-state index contributed by atoms with van der Waals surface area (Å²) in [5.74, 6) is 0.557. The van der Waals surface area contributed by atoms with E-state index < -0.39 is 17.6 Å². The van der Waals surface area contributed by atoms with Crippen LogP contribution in [0.4, 0.5) is 0 Å². The molecule has 0 radical (unpaired) electrons. The van der Waals surface area contributed by atoms with E-state index in [-0.39, 0.29) is 5.91 Å². The van der Waals surface area contributed by atoms with Crippen molar-refractivity contribution >= 4 is 23.6 Å². The van der Waals surface area contributed by atoms with Crippen LogP contribution in [0.1, 0.15) is 12.0 Å². The number of rotatable bonds is 3. The second kappa shape index (κ2) is 5.01. The third-order valence-corrected chi connectivity index (χ3v) is 4.92. The Bertz CT molecular complexity index is 529. The molecule has 2 N–H and O–H groups in total. The second-order valence-electron chi connectivity index (χ2n) is 5.10. The molecule has 0 aliphatic carbocycles. The van der Waals surface area contributed by atoms with Crippen LogP contribution in [0.2, 0.25) is 0 Å². The molecule has 2 aliphatic rings. The van der Waals surface area contributed by atoms with Crippen LogP contribution in [0.5, 0.6) is 5.75 Å². The Hall–Kier alpha value is -1.69. The molecule has 5 nitrogen and oxygen atoms in total. The molecule has 2 heterocycles. The number of thioether (sulfide) groups is 1. The number of hydrogen-bond donors (Lipinski definition) is 2. The number of carbonyl (C=O) groups is 2. The number of carbonyl (C=O) groups excluding carboxylic acids is 1. The molecule has 0 unspecified atom stereocenters. The Labute approximate surface area is 120 Å². The van der Waals surface area contributed by atoms with Crippen LogP contribution >= 0.6 is 11.8 Å². The molecule has 2 aliphatic heterocycles. The monoisotopic (exact) mass is 293 g/mol. The molecule has 1 aromatic rings. The van der Waals surface area contributed by atoms with Crippen molar-refractivity contribution < 1.29 is 19.4 Å². The van der Waals surface area contributed by atoms with E-state index in [9.17, 15) is 14.7 Å². The summed E-state index contributed by atoms with van der Waals surface area (Å²) >= 11 is 1.54. The van der Waals surface area contributed by atoms with Gasteiger partial charge in [0.05, 0.1) is 0 Å². The van der Waals surface area contributed by atoms with Gasteiger partial charge in [0.15, 0.2) is 6.10 Å². The minimum Gasteiger partial charge on any atom is -0.480 e. The Kier molecular flexibility index (Phi) is 3.33. The third-order valence-electron chi connectivity index (χ3n) is 3.73. The van der Waals surface area contributed by atoms with Crippen LogP contribution < -0.4 is 10.1 Å². The normalized spacial score (nSPS) is 27.7. The van der Waals surface area contributed by atoms with Crippen molar-refractivity contribution in [2.24, 2.45) is 0 Å². The van der Waals surface area contributed by atoms with Crippen molar-refractivity contribution in [3.8, 4) is 5.75 Å². The number of nitrogens with one attached hydrogen (secondary N) is 1. The number of aliphatic carboxylic acids is 1. The van der Waals surface area contributed by atoms with E-state index in [1.54, 1.807) is 11.8 Å². The molecule has 1 aromatic carbocycles. The quantitative estimate of drug-likeness (QED) is 0.872. The topological polar surface area (TPSA) is 75.6 Å². The van der Waals surface area contributed by atoms with Gasteiger partial charge in [-0.15, -0.1) is 0 Å². The van der Waals surface area contributed by atoms with Crippen molar-refractivity contribution in [1.82, 2.24) is 5.32 Å². The van der Waals surface area contributed by atoms with E-state index in [1.807, 2.05) is 24.3 Å². The Morgan fingerprint density at radius 1 is 1.40 bits per heavy atom. The SMILES string of the molecule is O=C(N[C@]1(C(=O)O)CCSC1)[C@H]1Cc2ccccc2O1. The van der Waals surface area contributed by atoms with E-state index in [0.29, 0.717) is 24.3 Å². The van der Waals surface area contributed by atoms with Gasteiger partial charge >= 0.3 is 5.97 Å². The van der Waals surface area contributed by atoms with Crippen LogP contribution in [0.3, 0.4) is 0 Å². The lowest BCUT2D eigenvalue weighted by molar-refractivity contribution is -0.147. The molecule has 0 spiro atoms. The molecule has 0 aromatic heterocycles. The number of hydrogen-bond acceptors (Lipinski definition) is 4. The first-order valence-electron chi connectivity index (χ1n) is 6.48. The molecule has 20 heavy (non-hydrogen) atoms. The van der Waals surface area contributed by atoms with Crippen molar-refractivity contribution in [2.45, 2.75) is 24.5 Å². The van der Waals surface area contributed by atoms with Crippen LogP contribution in [-0.2, 0) is 16.0 Å². The third kappa shape index (κ3) is 2.24. The molecule has 3 rings (SSSR count). The summed E-state index contributed by atoms with van der Waals surface area (Å²) < 4.78 is 5.59. The van der Waals surface area contributed by atoms with Gasteiger partial charge in [-0.3, -0.25) is 4.79 Å². The van der Waals surface area contributed by atoms with Gasteiger partial charge in [-0.1, -0.05) is 18.2 Å². The fraction of sp³-hybridized carbons (Fsp3) is 0.429. The highest BCUT2D eigenvalue weighted by molar-refractivity contribution is 7.99. The van der Waals surface area contributed by atoms with Crippen molar-refractivity contribution in [2.75, 3.05) is 11.5 Å². The van der Waals surface area contributed by atoms with E-state index in [1.165, 1.54) is 0 Å². The highest BCUT2D eigenvalue weighted by atomic mass is 32.2. The molecule has 2 atom stereocenters. The van der Waals surface area contributed by atoms with Crippen molar-refractivity contribution in [1.29, 1.82) is 0 Å². The fourth-order valence-electron chi connectivity index (χ4n) is 2.53. The highest BCUT2D eigenvalue weighted by Crippen LogP contribution is 2.31. The maximum absolute atomic E-state index is 12.3. The van der Waals surface area contributed by atoms with Gasteiger partial charge in [-0.2, -0.15) is 11.8 Å². The van der Waals surface area contributed by atoms with Crippen LogP contribution in [0, 0.1) is 0 Å². The smallest absolute Gasteiger partial charge is 0.330 e. The van der Waals surface area contributed by atoms with Gasteiger partial charge in [0.25, 0.3) is 5.91 Å². The number of carboxylic acids is 1. The maximum atomic E-state index is 12.3. The van der Waals surface area contributed by atoms with Crippen LogP contribution in [0.25, 0.3) is 0 Å². The van der Waals surface area contributed by atoms with Gasteiger partial charge < -0.3 is 15.2 Å². The summed E-state index contributed by atoms with van der Waals surface area (Å²) in [5.41, 5.74) is -0.155. The lowest BCUT2D eigenvalue weighted by Gasteiger charge is -2.26. The highest BCUT2D eigenvalue weighted by Gasteiger charge is 2.45. The fourth-order valence-corrected chi connectivity index (χ4v) is 3.86. The lowest BCUT2D eigenvalue weighted by atomic mass is 9.98. The molecule has 106 valence electrons. The van der Waals surface area contributed by atoms with E-state index in [2.05, 4.69) is 5.32 Å². The number of carboxylic acid groups (broad SMARTS) is 1. The minimum absolute atomic E-state index is 0.342. The number of ether oxygens (including phenoxy) is 1. The van der Waals surface area contributed by atoms with Crippen molar-refractivity contribution in [3.05, 3.63) is 29.8 Å². The molecule has 1 fully saturated rings. The number of para-hydroxylation sites is 1. The average molecular weight is 293 g/mol. The first-order chi connectivity index (χ1) is 9.61. The molecule has 6 heteroatoms. The zero-order valence-corrected chi connectivity index (χ0v) is 11.6. The number of fused-ring (bicyclic) bond motifs is 1. The largest absolute Gasteiger partial charge is 0.480 e. The first-order valence-corrected chi connectivity index (χ1v) is 7.64. The standard InChI is InChI=1S/C14H15NO4S/c16-12(15-14(13(17)18)5-6-20-8-14)11-7-9-3-1-2-4-10(9)19-11/h1-4,11H,5-8H2,(H,15,16)(H,17,18)/t11-,14-/m1/s1. The summed E-state index contributed by atoms with van der Waals surface area (Å²) in [6.07, 6.45) is 0.317. The minimum atomic E-state index is -1.14. The van der Waals surface area contributed by atoms with Gasteiger partial charge in [0.1, 0.15) is 11.3 Å². The predicted molar refractivity (Wildman–Crippen MR) is 75.0 cm³/mol. The Balaban J connectivity index is 1.71. The molecular weight excluding hydrogens is 278 g/mol. The van der Waals surface area contributed by atoms with Gasteiger partial charge in [0, 0.05) is 12.2 Å². The molecule has 1 amide bonds. The average Bonchev–Trinajstić information content (AvgIpc) is 3.05. The van der Waals surface area contributed by atoms with E-state index >= 15 is 0 Å². The van der Waals surface area contributed by atoms with Gasteiger partial charge in [-0.05, 0) is 23.8 Å². The summed E-state index contributed by atoms with van der Waals surface area (Å²) in [6, 6.07) is 7.49. The Morgan fingerprint density at radius 3 is 2.85 bits per heavy atom. The Morgan fingerprint density at radius 2 is 2.20 bits per heavy atom. The van der Waals surface area contributed by atoms with Gasteiger partial charge in [-0.25, -0.2) is 4.79 Å². The summed E-state index contributed by atoms with van der Waals surface area (Å²) in [6.45, 7) is 0. The summed E-state index contributed by atoms with van der Waals surface area (Å²) in [4.78, 5) is 23.7. The second-order valence-corrected chi connectivity index (χ2v) is 6.20. The molecule has 1 saturated heterocycles. The summed E-state index contributed by atoms with van der Waals surface area (Å²) in [7, 11) is 0. The van der Waals surface area contributed by atoms with E-state index in [4.69, 9.17) is 4.74 Å². The first kappa shape index (κ1) is 13.3. The number of benzene rings is 1. The predicted octanol–water partition coefficient (Wildman–Crippen LogP) is 1.07. The molecule has 0 bridgehead atoms. The summed E-state index contributed by atoms with van der Waals surface area (Å²) in [5, 5.41) is 12.0. The zero-order valence-electron chi connectivity index (χ0n) is 10.8. The lowest BCUT2D eigenvalue weighted by Crippen LogP contribution is -2.57.